The molecule has 1 atom stereocenters. The predicted molar refractivity (Wildman–Crippen MR) is 87.1 cm³/mol. The van der Waals surface area contributed by atoms with Crippen LogP contribution in [0.1, 0.15) is 38.3 Å². The molecule has 0 radical (unpaired) electrons. The summed E-state index contributed by atoms with van der Waals surface area (Å²) in [6.07, 6.45) is 2.45. The summed E-state index contributed by atoms with van der Waals surface area (Å²) in [5.41, 5.74) is 7.75. The Morgan fingerprint density at radius 1 is 1.35 bits per heavy atom. The van der Waals surface area contributed by atoms with Crippen molar-refractivity contribution < 1.29 is 4.74 Å². The second-order valence-electron chi connectivity index (χ2n) is 6.34. The maximum Gasteiger partial charge on any atom is 0.119 e. The Bertz CT molecular complexity index is 452. The number of methoxy groups -OCH3 is 1. The molecule has 4 heteroatoms. The number of nitrogens with zero attached hydrogens (tertiary/aromatic N) is 1. The Kier molecular flexibility index (Phi) is 5.10. The fourth-order valence-corrected chi connectivity index (χ4v) is 3.33. The lowest BCUT2D eigenvalue weighted by atomic mass is 9.82. The molecule has 20 heavy (non-hydrogen) atoms. The minimum absolute atomic E-state index is 0.260. The molecule has 3 nitrogen and oxygen atoms in total. The van der Waals surface area contributed by atoms with Gasteiger partial charge in [0.1, 0.15) is 5.75 Å². The Hall–Kier alpha value is -0.580. The van der Waals surface area contributed by atoms with E-state index in [0.717, 1.165) is 23.3 Å². The first-order valence-corrected chi connectivity index (χ1v) is 8.04. The van der Waals surface area contributed by atoms with Gasteiger partial charge in [-0.1, -0.05) is 29.8 Å². The largest absolute Gasteiger partial charge is 0.497 e. The summed E-state index contributed by atoms with van der Waals surface area (Å²) in [7, 11) is 1.70. The molecule has 1 saturated heterocycles. The van der Waals surface area contributed by atoms with E-state index in [1.807, 2.05) is 12.1 Å². The number of likely N-dealkylation sites (tertiary alicyclic amines) is 1. The highest BCUT2D eigenvalue weighted by molar-refractivity contribution is 9.10. The molecule has 1 aromatic rings. The minimum Gasteiger partial charge on any atom is -0.497 e. The average molecular weight is 341 g/mol. The van der Waals surface area contributed by atoms with Gasteiger partial charge in [0.05, 0.1) is 7.11 Å². The zero-order chi connectivity index (χ0) is 14.8. The molecule has 2 N–H and O–H groups in total. The van der Waals surface area contributed by atoms with E-state index >= 15 is 0 Å². The molecule has 1 fully saturated rings. The van der Waals surface area contributed by atoms with Crippen molar-refractivity contribution >= 4 is 15.9 Å². The highest BCUT2D eigenvalue weighted by Gasteiger charge is 2.30. The van der Waals surface area contributed by atoms with Gasteiger partial charge in [0.2, 0.25) is 0 Å². The van der Waals surface area contributed by atoms with Crippen LogP contribution in [0.25, 0.3) is 0 Å². The second-order valence-corrected chi connectivity index (χ2v) is 7.19. The molecular formula is C16H25BrN2O. The summed E-state index contributed by atoms with van der Waals surface area (Å²) in [5, 5.41) is 0. The maximum atomic E-state index is 6.06. The van der Waals surface area contributed by atoms with Crippen LogP contribution in [0.4, 0.5) is 0 Å². The Morgan fingerprint density at radius 2 is 2.00 bits per heavy atom. The highest BCUT2D eigenvalue weighted by Crippen LogP contribution is 2.36. The monoisotopic (exact) mass is 340 g/mol. The Morgan fingerprint density at radius 3 is 2.55 bits per heavy atom. The van der Waals surface area contributed by atoms with Crippen LogP contribution in [0.15, 0.2) is 22.7 Å². The van der Waals surface area contributed by atoms with Gasteiger partial charge in [-0.3, -0.25) is 4.90 Å². The predicted octanol–water partition coefficient (Wildman–Crippen LogP) is 3.58. The van der Waals surface area contributed by atoms with Gasteiger partial charge in [-0.05, 0) is 55.1 Å². The van der Waals surface area contributed by atoms with Gasteiger partial charge in [-0.25, -0.2) is 0 Å². The second kappa shape index (κ2) is 6.46. The number of rotatable bonds is 4. The summed E-state index contributed by atoms with van der Waals surface area (Å²) in [5.74, 6) is 0.888. The van der Waals surface area contributed by atoms with Crippen molar-refractivity contribution in [2.75, 3.05) is 26.7 Å². The van der Waals surface area contributed by atoms with E-state index in [4.69, 9.17) is 10.5 Å². The molecule has 1 aliphatic heterocycles. The topological polar surface area (TPSA) is 38.5 Å². The van der Waals surface area contributed by atoms with Crippen molar-refractivity contribution in [2.45, 2.75) is 32.7 Å². The molecule has 0 amide bonds. The molecule has 112 valence electrons. The van der Waals surface area contributed by atoms with E-state index in [1.165, 1.54) is 18.4 Å². The third kappa shape index (κ3) is 3.54. The standard InChI is InChI=1S/C16H25BrN2O/c1-16(2)6-8-19(9-7-16)15(11-18)13-10-12(20-3)4-5-14(13)17/h4-5,10,15H,6-9,11,18H2,1-3H3. The van der Waals surface area contributed by atoms with Crippen molar-refractivity contribution in [2.24, 2.45) is 11.1 Å². The van der Waals surface area contributed by atoms with Gasteiger partial charge in [0, 0.05) is 17.1 Å². The number of hydrogen-bond donors (Lipinski definition) is 1. The van der Waals surface area contributed by atoms with E-state index in [9.17, 15) is 0 Å². The van der Waals surface area contributed by atoms with Crippen LogP contribution in [0.2, 0.25) is 0 Å². The van der Waals surface area contributed by atoms with E-state index in [2.05, 4.69) is 40.7 Å². The van der Waals surface area contributed by atoms with Crippen LogP contribution in [0.5, 0.6) is 5.75 Å². The number of halogens is 1. The van der Waals surface area contributed by atoms with Crippen LogP contribution in [0.3, 0.4) is 0 Å². The van der Waals surface area contributed by atoms with Crippen molar-refractivity contribution in [1.29, 1.82) is 0 Å². The number of ether oxygens (including phenoxy) is 1. The van der Waals surface area contributed by atoms with Crippen molar-refractivity contribution in [1.82, 2.24) is 4.90 Å². The van der Waals surface area contributed by atoms with Crippen LogP contribution >= 0.6 is 15.9 Å². The third-order valence-electron chi connectivity index (χ3n) is 4.38. The number of benzene rings is 1. The first-order valence-electron chi connectivity index (χ1n) is 7.24. The molecule has 1 aromatic carbocycles. The molecule has 0 saturated carbocycles. The number of nitrogens with two attached hydrogens (primary N) is 1. The molecule has 1 aliphatic rings. The van der Waals surface area contributed by atoms with Crippen LogP contribution < -0.4 is 10.5 Å². The van der Waals surface area contributed by atoms with Gasteiger partial charge in [0.25, 0.3) is 0 Å². The molecule has 0 spiro atoms. The lowest BCUT2D eigenvalue weighted by Crippen LogP contribution is -2.42. The van der Waals surface area contributed by atoms with Crippen LogP contribution in [-0.2, 0) is 0 Å². The summed E-state index contributed by atoms with van der Waals surface area (Å²) in [6.45, 7) is 7.55. The van der Waals surface area contributed by atoms with Crippen molar-refractivity contribution in [3.63, 3.8) is 0 Å². The third-order valence-corrected chi connectivity index (χ3v) is 5.10. The quantitative estimate of drug-likeness (QED) is 0.910. The van der Waals surface area contributed by atoms with Gasteiger partial charge in [-0.15, -0.1) is 0 Å². The van der Waals surface area contributed by atoms with Crippen LogP contribution in [0, 0.1) is 5.41 Å². The van der Waals surface area contributed by atoms with Gasteiger partial charge in [0.15, 0.2) is 0 Å². The van der Waals surface area contributed by atoms with E-state index in [-0.39, 0.29) is 6.04 Å². The smallest absolute Gasteiger partial charge is 0.119 e. The van der Waals surface area contributed by atoms with Crippen molar-refractivity contribution in [3.8, 4) is 5.75 Å². The molecule has 2 rings (SSSR count). The summed E-state index contributed by atoms with van der Waals surface area (Å²) in [6, 6.07) is 6.38. The Balaban J connectivity index is 2.20. The number of piperidine rings is 1. The van der Waals surface area contributed by atoms with E-state index in [0.29, 0.717) is 12.0 Å². The van der Waals surface area contributed by atoms with Crippen molar-refractivity contribution in [3.05, 3.63) is 28.2 Å². The van der Waals surface area contributed by atoms with Gasteiger partial charge >= 0.3 is 0 Å². The normalized spacial score (nSPS) is 20.6. The highest BCUT2D eigenvalue weighted by atomic mass is 79.9. The average Bonchev–Trinajstić information content (AvgIpc) is 2.43. The minimum atomic E-state index is 0.260. The lowest BCUT2D eigenvalue weighted by molar-refractivity contribution is 0.0960. The summed E-state index contributed by atoms with van der Waals surface area (Å²) < 4.78 is 6.45. The van der Waals surface area contributed by atoms with Gasteiger partial charge in [-0.2, -0.15) is 0 Å². The molecule has 0 bridgehead atoms. The fraction of sp³-hybridized carbons (Fsp3) is 0.625. The first-order chi connectivity index (χ1) is 9.46. The Labute approximate surface area is 130 Å². The zero-order valence-corrected chi connectivity index (χ0v) is 14.2. The molecule has 0 aromatic heterocycles. The molecule has 0 aliphatic carbocycles. The SMILES string of the molecule is COc1ccc(Br)c(C(CN)N2CCC(C)(C)CC2)c1. The molecule has 1 heterocycles. The van der Waals surface area contributed by atoms with E-state index in [1.54, 1.807) is 7.11 Å². The number of hydrogen-bond acceptors (Lipinski definition) is 3. The molecular weight excluding hydrogens is 316 g/mol. The van der Waals surface area contributed by atoms with Crippen LogP contribution in [-0.4, -0.2) is 31.6 Å². The summed E-state index contributed by atoms with van der Waals surface area (Å²) >= 11 is 3.65. The summed E-state index contributed by atoms with van der Waals surface area (Å²) in [4.78, 5) is 2.50. The maximum absolute atomic E-state index is 6.06. The lowest BCUT2D eigenvalue weighted by Gasteiger charge is -2.41. The fourth-order valence-electron chi connectivity index (χ4n) is 2.82. The van der Waals surface area contributed by atoms with E-state index < -0.39 is 0 Å². The molecule has 1 unspecified atom stereocenters. The first kappa shape index (κ1) is 15.8. The van der Waals surface area contributed by atoms with Gasteiger partial charge < -0.3 is 10.5 Å². The zero-order valence-electron chi connectivity index (χ0n) is 12.7.